The van der Waals surface area contributed by atoms with Crippen molar-refractivity contribution in [2.45, 2.75) is 125 Å². The van der Waals surface area contributed by atoms with Gasteiger partial charge in [-0.15, -0.1) is 0 Å². The number of nitrogens with zero attached hydrogens (tertiary/aromatic N) is 10. The lowest BCUT2D eigenvalue weighted by Gasteiger charge is -2.34. The Morgan fingerprint density at radius 3 is 1.53 bits per heavy atom. The van der Waals surface area contributed by atoms with Crippen molar-refractivity contribution in [1.29, 1.82) is 0 Å². The van der Waals surface area contributed by atoms with Gasteiger partial charge in [-0.25, -0.2) is 8.42 Å². The number of aliphatic carboxylic acids is 2. The second kappa shape index (κ2) is 53.7. The SMILES string of the molecule is C/C=C1\C=CN(CCC[N+](C)(C)CCC[N+](C)(C)CCC[n+]2ccc(C=C3Sc4ccccc4N3C)c3ccccc32)c2ccccc21.CN(C)CC(CN(C)C)OCCCCCC(=O)O.CN1C(=Cc2cc[n+](CCCI)c3ccccc23)Sc2ccccc21.C[n+]1csc2ccccc21.Cc1ccc(S(=O)(=O)[O-])cc1.O=C(O)CCCCCO.[I-].[I-]. The smallest absolute Gasteiger partial charge is 0.303 e. The molecule has 0 radical (unpaired) electrons. The van der Waals surface area contributed by atoms with Gasteiger partial charge in [0.05, 0.1) is 104 Å². The zero-order valence-electron chi connectivity index (χ0n) is 74.0. The molecule has 0 fully saturated rings. The van der Waals surface area contributed by atoms with E-state index < -0.39 is 22.1 Å². The number of unbranched alkanes of at least 4 members (excludes halogenated alkanes) is 4. The maximum Gasteiger partial charge on any atom is 0.303 e. The van der Waals surface area contributed by atoms with E-state index in [4.69, 9.17) is 20.1 Å². The number of para-hydroxylation sites is 6. The van der Waals surface area contributed by atoms with E-state index in [9.17, 15) is 22.6 Å². The third kappa shape index (κ3) is 34.7. The number of anilines is 3. The second-order valence-electron chi connectivity index (χ2n) is 32.5. The lowest BCUT2D eigenvalue weighted by Crippen LogP contribution is -3.00. The lowest BCUT2D eigenvalue weighted by atomic mass is 10.00. The Morgan fingerprint density at radius 2 is 1.04 bits per heavy atom. The fourth-order valence-electron chi connectivity index (χ4n) is 14.6. The number of hydrogen-bond acceptors (Lipinski definition) is 15. The van der Waals surface area contributed by atoms with Crippen LogP contribution in [0.2, 0.25) is 0 Å². The number of rotatable bonds is 34. The molecule has 3 aromatic heterocycles. The van der Waals surface area contributed by atoms with Gasteiger partial charge < -0.3 is 106 Å². The molecule has 0 amide bonds. The maximum absolute atomic E-state index is 10.4. The largest absolute Gasteiger partial charge is 1.00 e. The van der Waals surface area contributed by atoms with E-state index in [0.29, 0.717) is 19.4 Å². The van der Waals surface area contributed by atoms with E-state index in [1.54, 1.807) is 23.5 Å². The summed E-state index contributed by atoms with van der Waals surface area (Å²) in [5, 5.41) is 30.1. The highest BCUT2D eigenvalue weighted by Gasteiger charge is 2.27. The summed E-state index contributed by atoms with van der Waals surface area (Å²) in [6.07, 6.45) is 26.2. The molecule has 26 heteroatoms. The summed E-state index contributed by atoms with van der Waals surface area (Å²) in [6.45, 7) is 14.6. The van der Waals surface area contributed by atoms with Crippen molar-refractivity contribution in [2.24, 2.45) is 7.05 Å². The van der Waals surface area contributed by atoms with Crippen LogP contribution in [0.4, 0.5) is 17.1 Å². The minimum atomic E-state index is -4.27. The van der Waals surface area contributed by atoms with E-state index in [2.05, 4.69) is 323 Å². The summed E-state index contributed by atoms with van der Waals surface area (Å²) in [5.74, 6) is -1.47. The van der Waals surface area contributed by atoms with Crippen molar-refractivity contribution in [1.82, 2.24) is 9.80 Å². The number of aliphatic hydroxyl groups excluding tert-OH is 1. The Bertz CT molecular complexity index is 5190. The number of benzene rings is 7. The number of thioether (sulfide) groups is 2. The molecular formula is C97H129I3N10O9S4+2. The first kappa shape index (κ1) is 105. The summed E-state index contributed by atoms with van der Waals surface area (Å²) in [5.41, 5.74) is 16.1. The number of alkyl halides is 1. The third-order valence-electron chi connectivity index (χ3n) is 21.1. The van der Waals surface area contributed by atoms with Crippen LogP contribution >= 0.6 is 57.5 Å². The van der Waals surface area contributed by atoms with Gasteiger partial charge in [0.2, 0.25) is 22.1 Å². The van der Waals surface area contributed by atoms with Crippen molar-refractivity contribution in [3.05, 3.63) is 251 Å². The van der Waals surface area contributed by atoms with Crippen molar-refractivity contribution < 1.29 is 113 Å². The van der Waals surface area contributed by atoms with Gasteiger partial charge in [0.25, 0.3) is 0 Å². The van der Waals surface area contributed by atoms with Gasteiger partial charge in [-0.05, 0) is 163 Å². The van der Waals surface area contributed by atoms with Crippen molar-refractivity contribution >= 4 is 146 Å². The number of hydrogen-bond donors (Lipinski definition) is 3. The predicted octanol–water partition coefficient (Wildman–Crippen LogP) is 12.3. The number of fused-ring (bicyclic) bond motifs is 6. The number of aryl methyl sites for hydroxylation is 4. The highest BCUT2D eigenvalue weighted by molar-refractivity contribution is 14.1. The Balaban J connectivity index is 0.000000260. The Kier molecular flexibility index (Phi) is 45.8. The van der Waals surface area contributed by atoms with Gasteiger partial charge in [0.1, 0.15) is 28.4 Å². The number of allylic oxidation sites excluding steroid dienone is 3. The quantitative estimate of drug-likeness (QED) is 0.00862. The fraction of sp³-hybridized carbons (Fsp3) is 0.392. The summed E-state index contributed by atoms with van der Waals surface area (Å²) < 4.78 is 48.6. The van der Waals surface area contributed by atoms with Crippen LogP contribution in [0.1, 0.15) is 106 Å². The van der Waals surface area contributed by atoms with E-state index in [1.807, 2.05) is 58.6 Å². The lowest BCUT2D eigenvalue weighted by molar-refractivity contribution is -0.910. The van der Waals surface area contributed by atoms with Gasteiger partial charge in [0.15, 0.2) is 18.9 Å². The summed E-state index contributed by atoms with van der Waals surface area (Å²) in [4.78, 5) is 34.0. The molecule has 10 aromatic rings. The number of pyridine rings is 2. The van der Waals surface area contributed by atoms with Crippen molar-refractivity contribution in [2.75, 3.05) is 149 Å². The first-order chi connectivity index (χ1) is 58.0. The molecular weight excluding hydrogens is 1960 g/mol. The van der Waals surface area contributed by atoms with Crippen LogP contribution in [0.25, 0.3) is 49.7 Å². The fourth-order valence-corrected chi connectivity index (χ4v) is 18.5. The standard InChI is InChI=1S/C42H54N5S.C21H20IN2S.C13H28N2O3.C8H8NS.C7H8O3S.C6H12O3.2HI/c1-7-34-23-27-44(38-19-10-8-17-36(34)38)25-14-29-46(3,4)31-16-32-47(5,6)30-15-26-45-28-24-35(37-18-9-11-20-39(37)45)33-42-43(2)40-21-12-13-22-41(40)48-42;1-23-19-9-4-5-10-20(19)25-21(23)15-16-11-14-24(13-6-12-22)18-8-3-2-7-17(16)18;1-14(2)10-12(11-15(3)4)18-9-7-5-6-8-13(16)17;1-9-6-10-8-5-3-2-4-7(8)9;1-6-2-4-7(5-3-6)11(8,9)10;7-5-3-1-2-4-6(8)9;;/h7-13,17-24,27-28,33H,14-16,25-26,29-32H2,1-6H3;2-5,7-11,14-15H,6,12-13H2,1H3;12H,5-11H2,1-4H3,(H,16,17);2-6H,1H3;2-5H,1H3,(H,8,9,10);7H,1-5H2,(H,8,9);2*1H/q+3;+1;;+1;;;;/p-3/b34-7+;;;;;;;. The first-order valence-electron chi connectivity index (χ1n) is 42.0. The van der Waals surface area contributed by atoms with Gasteiger partial charge in [0, 0.05) is 141 Å². The van der Waals surface area contributed by atoms with Crippen LogP contribution in [-0.4, -0.2) is 199 Å². The topological polar surface area (TPSA) is 189 Å². The highest BCUT2D eigenvalue weighted by Crippen LogP contribution is 2.47. The number of quaternary nitrogens is 2. The maximum atomic E-state index is 10.4. The molecule has 0 unspecified atom stereocenters. The predicted molar refractivity (Wildman–Crippen MR) is 512 cm³/mol. The monoisotopic (exact) mass is 2090 g/mol. The second-order valence-corrected chi connectivity index (χ2v) is 38.0. The molecule has 0 aliphatic carbocycles. The molecule has 3 N–H and O–H groups in total. The number of carboxylic acids is 2. The number of likely N-dealkylation sites (N-methyl/N-ethyl adjacent to an activating group) is 2. The Hall–Kier alpha value is -6.89. The number of halogens is 3. The van der Waals surface area contributed by atoms with Gasteiger partial charge in [-0.3, -0.25) is 9.59 Å². The zero-order valence-corrected chi connectivity index (χ0v) is 83.8. The van der Waals surface area contributed by atoms with Crippen LogP contribution in [0.15, 0.2) is 243 Å². The zero-order chi connectivity index (χ0) is 87.5. The summed E-state index contributed by atoms with van der Waals surface area (Å²) in [6, 6.07) is 62.4. The van der Waals surface area contributed by atoms with Crippen LogP contribution in [0.3, 0.4) is 0 Å². The van der Waals surface area contributed by atoms with E-state index in [0.717, 1.165) is 79.4 Å². The van der Waals surface area contributed by atoms with Crippen LogP contribution < -0.4 is 76.4 Å². The van der Waals surface area contributed by atoms with Crippen molar-refractivity contribution in [3.63, 3.8) is 0 Å². The van der Waals surface area contributed by atoms with E-state index >= 15 is 0 Å². The van der Waals surface area contributed by atoms with Gasteiger partial charge in [-0.2, -0.15) is 13.7 Å². The Morgan fingerprint density at radius 1 is 0.577 bits per heavy atom. The molecule has 0 atom stereocenters. The molecule has 0 saturated heterocycles. The average molecular weight is 2090 g/mol. The normalized spacial score (nSPS) is 13.7. The van der Waals surface area contributed by atoms with Gasteiger partial charge in [-0.1, -0.05) is 173 Å². The molecule has 0 spiro atoms. The summed E-state index contributed by atoms with van der Waals surface area (Å²) in [7, 11) is 19.9. The molecule has 7 aromatic carbocycles. The summed E-state index contributed by atoms with van der Waals surface area (Å²) >= 11 is 7.93. The molecule has 664 valence electrons. The van der Waals surface area contributed by atoms with Crippen LogP contribution in [0.5, 0.6) is 0 Å². The number of carbonyl (C=O) groups is 2. The molecule has 123 heavy (non-hydrogen) atoms. The molecule has 6 heterocycles. The van der Waals surface area contributed by atoms with Crippen LogP contribution in [0, 0.1) is 6.92 Å². The van der Waals surface area contributed by atoms with Crippen LogP contribution in [-0.2, 0) is 44.6 Å². The minimum Gasteiger partial charge on any atom is -1.00 e. The third-order valence-corrected chi connectivity index (χ3v) is 26.1. The number of aliphatic hydroxyl groups is 1. The molecule has 3 aliphatic rings. The van der Waals surface area contributed by atoms with Crippen molar-refractivity contribution in [3.8, 4) is 0 Å². The number of aromatic nitrogens is 3. The van der Waals surface area contributed by atoms with E-state index in [1.165, 1.54) is 153 Å². The molecule has 13 rings (SSSR count). The molecule has 3 aliphatic heterocycles. The molecule has 0 bridgehead atoms. The average Bonchev–Trinajstić information content (AvgIpc) is 1.61. The number of carboxylic acid groups (broad SMARTS) is 2. The Labute approximate surface area is 793 Å². The van der Waals surface area contributed by atoms with E-state index in [-0.39, 0.29) is 78.4 Å². The molecule has 0 saturated carbocycles. The number of thiazole rings is 1. The van der Waals surface area contributed by atoms with Gasteiger partial charge >= 0.3 is 11.9 Å². The number of ether oxygens (including phenoxy) is 1. The molecule has 19 nitrogen and oxygen atoms in total. The minimum absolute atomic E-state index is 0. The first-order valence-corrected chi connectivity index (χ1v) is 47.4. The highest BCUT2D eigenvalue weighted by atomic mass is 127.